The number of nitrogens with one attached hydrogen (secondary N) is 1. The predicted octanol–water partition coefficient (Wildman–Crippen LogP) is 7.40. The summed E-state index contributed by atoms with van der Waals surface area (Å²) < 4.78 is 29.1. The van der Waals surface area contributed by atoms with Gasteiger partial charge in [-0.25, -0.2) is 8.42 Å². The molecule has 0 spiro atoms. The van der Waals surface area contributed by atoms with Crippen molar-refractivity contribution in [3.8, 4) is 0 Å². The van der Waals surface area contributed by atoms with E-state index in [1.165, 1.54) is 29.2 Å². The number of halogens is 3. The van der Waals surface area contributed by atoms with Crippen LogP contribution in [0, 0.1) is 0 Å². The Morgan fingerprint density at radius 2 is 1.47 bits per heavy atom. The van der Waals surface area contributed by atoms with Crippen molar-refractivity contribution in [3.05, 3.63) is 129 Å². The molecule has 2 amide bonds. The van der Waals surface area contributed by atoms with Crippen molar-refractivity contribution in [1.29, 1.82) is 0 Å². The number of unbranched alkanes of at least 4 members (excludes halogenated alkanes) is 1. The fourth-order valence-electron chi connectivity index (χ4n) is 4.81. The van der Waals surface area contributed by atoms with Crippen molar-refractivity contribution in [2.24, 2.45) is 0 Å². The maximum absolute atomic E-state index is 14.5. The van der Waals surface area contributed by atoms with Crippen LogP contribution in [0.4, 0.5) is 5.69 Å². The van der Waals surface area contributed by atoms with Crippen molar-refractivity contribution < 1.29 is 18.0 Å². The van der Waals surface area contributed by atoms with Crippen molar-refractivity contribution in [2.45, 2.75) is 43.7 Å². The number of rotatable bonds is 14. The molecule has 0 aliphatic rings. The zero-order valence-corrected chi connectivity index (χ0v) is 27.8. The normalized spacial score (nSPS) is 11.9. The molecule has 4 aromatic carbocycles. The van der Waals surface area contributed by atoms with E-state index in [9.17, 15) is 18.0 Å². The van der Waals surface area contributed by atoms with Gasteiger partial charge < -0.3 is 10.2 Å². The molecule has 0 aliphatic carbocycles. The first-order valence-electron chi connectivity index (χ1n) is 14.5. The van der Waals surface area contributed by atoms with E-state index < -0.39 is 28.5 Å². The van der Waals surface area contributed by atoms with Crippen LogP contribution in [-0.4, -0.2) is 44.3 Å². The Labute approximate surface area is 279 Å². The van der Waals surface area contributed by atoms with Crippen LogP contribution in [0.15, 0.2) is 108 Å². The van der Waals surface area contributed by atoms with Crippen LogP contribution in [0.5, 0.6) is 0 Å². The molecule has 0 heterocycles. The summed E-state index contributed by atoms with van der Waals surface area (Å²) >= 11 is 19.1. The lowest BCUT2D eigenvalue weighted by atomic mass is 10.0. The summed E-state index contributed by atoms with van der Waals surface area (Å²) in [5, 5.41) is 3.53. The molecule has 4 aromatic rings. The van der Waals surface area contributed by atoms with Gasteiger partial charge in [0.1, 0.15) is 12.6 Å². The Kier molecular flexibility index (Phi) is 12.3. The van der Waals surface area contributed by atoms with Crippen LogP contribution < -0.4 is 9.62 Å². The lowest BCUT2D eigenvalue weighted by Gasteiger charge is -2.34. The third-order valence-corrected chi connectivity index (χ3v) is 9.97. The number of benzene rings is 4. The molecule has 0 bridgehead atoms. The molecule has 11 heteroatoms. The van der Waals surface area contributed by atoms with Gasteiger partial charge in [0.05, 0.1) is 20.6 Å². The SMILES string of the molecule is CCCCNC(=O)[C@H](Cc1ccccc1)N(Cc1cccc(Cl)c1)C(=O)CN(c1cccc(Cl)c1Cl)S(=O)(=O)c1ccccc1. The second-order valence-electron chi connectivity index (χ2n) is 10.4. The molecular weight excluding hydrogens is 653 g/mol. The summed E-state index contributed by atoms with van der Waals surface area (Å²) in [5.41, 5.74) is 1.55. The Morgan fingerprint density at radius 3 is 2.13 bits per heavy atom. The fraction of sp³-hybridized carbons (Fsp3) is 0.235. The van der Waals surface area contributed by atoms with Crippen molar-refractivity contribution in [3.63, 3.8) is 0 Å². The summed E-state index contributed by atoms with van der Waals surface area (Å²) in [4.78, 5) is 29.7. The molecular formula is C34H34Cl3N3O4S. The number of carbonyl (C=O) groups is 2. The summed E-state index contributed by atoms with van der Waals surface area (Å²) in [5.74, 6) is -0.960. The second-order valence-corrected chi connectivity index (χ2v) is 13.5. The van der Waals surface area contributed by atoms with Gasteiger partial charge in [-0.3, -0.25) is 13.9 Å². The van der Waals surface area contributed by atoms with Gasteiger partial charge in [-0.2, -0.15) is 0 Å². The summed E-state index contributed by atoms with van der Waals surface area (Å²) in [6.07, 6.45) is 1.85. The van der Waals surface area contributed by atoms with Crippen molar-refractivity contribution in [2.75, 3.05) is 17.4 Å². The second kappa shape index (κ2) is 16.1. The maximum atomic E-state index is 14.5. The highest BCUT2D eigenvalue weighted by Crippen LogP contribution is 2.35. The van der Waals surface area contributed by atoms with Crippen molar-refractivity contribution >= 4 is 62.3 Å². The van der Waals surface area contributed by atoms with Gasteiger partial charge >= 0.3 is 0 Å². The number of amides is 2. The third kappa shape index (κ3) is 9.01. The van der Waals surface area contributed by atoms with E-state index in [0.29, 0.717) is 17.1 Å². The predicted molar refractivity (Wildman–Crippen MR) is 181 cm³/mol. The number of carbonyl (C=O) groups excluding carboxylic acids is 2. The number of hydrogen-bond acceptors (Lipinski definition) is 4. The lowest BCUT2D eigenvalue weighted by molar-refractivity contribution is -0.140. The topological polar surface area (TPSA) is 86.8 Å². The molecule has 7 nitrogen and oxygen atoms in total. The number of anilines is 1. The zero-order chi connectivity index (χ0) is 32.4. The van der Waals surface area contributed by atoms with Crippen LogP contribution in [0.3, 0.4) is 0 Å². The quantitative estimate of drug-likeness (QED) is 0.140. The fourth-order valence-corrected chi connectivity index (χ4v) is 6.92. The minimum absolute atomic E-state index is 0.000589. The van der Waals surface area contributed by atoms with E-state index in [0.717, 1.165) is 22.7 Å². The highest BCUT2D eigenvalue weighted by Gasteiger charge is 2.35. The molecule has 1 N–H and O–H groups in total. The zero-order valence-electron chi connectivity index (χ0n) is 24.7. The molecule has 45 heavy (non-hydrogen) atoms. The minimum atomic E-state index is -4.30. The van der Waals surface area contributed by atoms with E-state index in [4.69, 9.17) is 34.8 Å². The molecule has 0 saturated carbocycles. The Hall–Kier alpha value is -3.56. The summed E-state index contributed by atoms with van der Waals surface area (Å²) in [7, 11) is -4.30. The Morgan fingerprint density at radius 1 is 0.822 bits per heavy atom. The first kappa shape index (κ1) is 34.3. The molecule has 1 atom stereocenters. The highest BCUT2D eigenvalue weighted by atomic mass is 35.5. The van der Waals surface area contributed by atoms with Crippen LogP contribution in [0.1, 0.15) is 30.9 Å². The summed E-state index contributed by atoms with van der Waals surface area (Å²) in [6, 6.07) is 27.7. The van der Waals surface area contributed by atoms with Crippen LogP contribution in [-0.2, 0) is 32.6 Å². The molecule has 0 aromatic heterocycles. The molecule has 0 radical (unpaired) electrons. The monoisotopic (exact) mass is 685 g/mol. The van der Waals surface area contributed by atoms with Gasteiger partial charge in [0.2, 0.25) is 11.8 Å². The number of sulfonamides is 1. The first-order valence-corrected chi connectivity index (χ1v) is 17.1. The standard InChI is InChI=1S/C34H34Cl3N3O4S/c1-2-3-20-38-34(42)31(22-25-12-6-4-7-13-25)39(23-26-14-10-15-27(35)21-26)32(41)24-40(30-19-11-18-29(36)33(30)37)45(43,44)28-16-8-5-9-17-28/h4-19,21,31H,2-3,20,22-24H2,1H3,(H,38,42)/t31-/m0/s1. The van der Waals surface area contributed by atoms with Crippen LogP contribution >= 0.6 is 34.8 Å². The Bertz CT molecular complexity index is 1710. The van der Waals surface area contributed by atoms with Gasteiger partial charge in [0.15, 0.2) is 0 Å². The molecule has 0 fully saturated rings. The van der Waals surface area contributed by atoms with E-state index in [1.54, 1.807) is 48.5 Å². The van der Waals surface area contributed by atoms with Gasteiger partial charge in [0.25, 0.3) is 10.0 Å². The average Bonchev–Trinajstić information content (AvgIpc) is 3.04. The van der Waals surface area contributed by atoms with Crippen LogP contribution in [0.25, 0.3) is 0 Å². The molecule has 0 saturated heterocycles. The largest absolute Gasteiger partial charge is 0.354 e. The van der Waals surface area contributed by atoms with Gasteiger partial charge in [-0.15, -0.1) is 0 Å². The third-order valence-electron chi connectivity index (χ3n) is 7.15. The van der Waals surface area contributed by atoms with Gasteiger partial charge in [-0.1, -0.05) is 115 Å². The first-order chi connectivity index (χ1) is 21.6. The van der Waals surface area contributed by atoms with Gasteiger partial charge in [-0.05, 0) is 53.9 Å². The molecule has 0 aliphatic heterocycles. The maximum Gasteiger partial charge on any atom is 0.264 e. The van der Waals surface area contributed by atoms with E-state index in [-0.39, 0.29) is 39.5 Å². The minimum Gasteiger partial charge on any atom is -0.354 e. The van der Waals surface area contributed by atoms with E-state index in [2.05, 4.69) is 5.32 Å². The molecule has 4 rings (SSSR count). The van der Waals surface area contributed by atoms with E-state index >= 15 is 0 Å². The molecule has 0 unspecified atom stereocenters. The average molecular weight is 687 g/mol. The number of nitrogens with zero attached hydrogens (tertiary/aromatic N) is 2. The lowest BCUT2D eigenvalue weighted by Crippen LogP contribution is -2.53. The number of hydrogen-bond donors (Lipinski definition) is 1. The van der Waals surface area contributed by atoms with Crippen molar-refractivity contribution in [1.82, 2.24) is 10.2 Å². The van der Waals surface area contributed by atoms with Crippen LogP contribution in [0.2, 0.25) is 15.1 Å². The smallest absolute Gasteiger partial charge is 0.264 e. The van der Waals surface area contributed by atoms with Gasteiger partial charge in [0, 0.05) is 24.5 Å². The molecule has 236 valence electrons. The summed E-state index contributed by atoms with van der Waals surface area (Å²) in [6.45, 7) is 1.81. The highest BCUT2D eigenvalue weighted by molar-refractivity contribution is 7.92. The Balaban J connectivity index is 1.81. The van der Waals surface area contributed by atoms with E-state index in [1.807, 2.05) is 37.3 Å².